The number of benzene rings is 3. The highest BCUT2D eigenvalue weighted by Crippen LogP contribution is 2.43. The SMILES string of the molecule is O=C(c1cc2c(C(F)(F)F)c3cc(Cl)ccc3nc2c2ccccc12)C(F)(F)F. The summed E-state index contributed by atoms with van der Waals surface area (Å²) in [6, 6.07) is 9.75. The average molecular weight is 428 g/mol. The molecule has 0 spiro atoms. The molecule has 1 aromatic heterocycles. The summed E-state index contributed by atoms with van der Waals surface area (Å²) in [6.07, 6.45) is -10.2. The topological polar surface area (TPSA) is 30.0 Å². The van der Waals surface area contributed by atoms with Gasteiger partial charge in [-0.3, -0.25) is 4.79 Å². The van der Waals surface area contributed by atoms with E-state index in [4.69, 9.17) is 11.6 Å². The van der Waals surface area contributed by atoms with Crippen LogP contribution in [-0.2, 0) is 6.18 Å². The Morgan fingerprint density at radius 2 is 1.48 bits per heavy atom. The number of carbonyl (C=O) groups is 1. The van der Waals surface area contributed by atoms with Crippen LogP contribution in [-0.4, -0.2) is 16.9 Å². The second-order valence-corrected chi connectivity index (χ2v) is 6.78. The summed E-state index contributed by atoms with van der Waals surface area (Å²) in [6.45, 7) is 0. The number of hydrogen-bond donors (Lipinski definition) is 0. The normalized spacial score (nSPS) is 12.8. The van der Waals surface area contributed by atoms with Gasteiger partial charge in [-0.25, -0.2) is 4.98 Å². The van der Waals surface area contributed by atoms with Gasteiger partial charge in [-0.2, -0.15) is 26.3 Å². The number of fused-ring (bicyclic) bond motifs is 4. The van der Waals surface area contributed by atoms with E-state index in [9.17, 15) is 31.1 Å². The second-order valence-electron chi connectivity index (χ2n) is 6.34. The van der Waals surface area contributed by atoms with E-state index in [0.29, 0.717) is 6.07 Å². The minimum atomic E-state index is -5.25. The van der Waals surface area contributed by atoms with Gasteiger partial charge in [0, 0.05) is 26.7 Å². The smallest absolute Gasteiger partial charge is 0.284 e. The summed E-state index contributed by atoms with van der Waals surface area (Å²) < 4.78 is 81.2. The van der Waals surface area contributed by atoms with E-state index in [-0.39, 0.29) is 32.2 Å². The molecule has 0 amide bonds. The van der Waals surface area contributed by atoms with Crippen molar-refractivity contribution in [3.8, 4) is 0 Å². The molecule has 4 aromatic rings. The molecule has 0 unspecified atom stereocenters. The molecule has 4 rings (SSSR count). The second kappa shape index (κ2) is 6.32. The van der Waals surface area contributed by atoms with Gasteiger partial charge in [-0.1, -0.05) is 35.9 Å². The fourth-order valence-electron chi connectivity index (χ4n) is 3.39. The predicted octanol–water partition coefficient (Wildman–Crippen LogP) is 6.96. The largest absolute Gasteiger partial charge is 0.454 e. The maximum atomic E-state index is 14.0. The molecular formula is C20H8ClF6NO. The first-order valence-electron chi connectivity index (χ1n) is 8.12. The van der Waals surface area contributed by atoms with E-state index in [1.807, 2.05) is 0 Å². The molecular weight excluding hydrogens is 420 g/mol. The lowest BCUT2D eigenvalue weighted by Gasteiger charge is -2.17. The van der Waals surface area contributed by atoms with Crippen LogP contribution in [0.3, 0.4) is 0 Å². The maximum absolute atomic E-state index is 14.0. The number of hydrogen-bond acceptors (Lipinski definition) is 2. The third-order valence-corrected chi connectivity index (χ3v) is 4.77. The number of halogens is 7. The van der Waals surface area contributed by atoms with Gasteiger partial charge in [0.1, 0.15) is 0 Å². The lowest BCUT2D eigenvalue weighted by molar-refractivity contribution is -0.135. The van der Waals surface area contributed by atoms with E-state index in [2.05, 4.69) is 4.98 Å². The molecule has 0 aliphatic rings. The van der Waals surface area contributed by atoms with Crippen LogP contribution in [0, 0.1) is 0 Å². The Morgan fingerprint density at radius 1 is 0.828 bits per heavy atom. The monoisotopic (exact) mass is 427 g/mol. The highest BCUT2D eigenvalue weighted by atomic mass is 35.5. The van der Waals surface area contributed by atoms with Crippen LogP contribution in [0.15, 0.2) is 48.5 Å². The maximum Gasteiger partial charge on any atom is 0.454 e. The van der Waals surface area contributed by atoms with Crippen LogP contribution in [0.1, 0.15) is 15.9 Å². The molecule has 3 aromatic carbocycles. The highest BCUT2D eigenvalue weighted by Gasteiger charge is 2.41. The predicted molar refractivity (Wildman–Crippen MR) is 97.2 cm³/mol. The standard InChI is InChI=1S/C20H8ClF6NO/c21-9-5-6-15-13(7-9)16(19(22,23)24)14-8-12(18(29)20(25,26)27)10-3-1-2-4-11(10)17(14)28-15/h1-8H. The van der Waals surface area contributed by atoms with Gasteiger partial charge in [0.25, 0.3) is 5.78 Å². The lowest BCUT2D eigenvalue weighted by atomic mass is 9.93. The van der Waals surface area contributed by atoms with Crippen LogP contribution < -0.4 is 0 Å². The first-order chi connectivity index (χ1) is 13.5. The van der Waals surface area contributed by atoms with Crippen molar-refractivity contribution >= 4 is 50.0 Å². The molecule has 0 bridgehead atoms. The van der Waals surface area contributed by atoms with Crippen molar-refractivity contribution < 1.29 is 31.1 Å². The quantitative estimate of drug-likeness (QED) is 0.142. The summed E-state index contributed by atoms with van der Waals surface area (Å²) in [5, 5.41) is -1.07. The molecule has 0 aliphatic carbocycles. The van der Waals surface area contributed by atoms with E-state index in [1.54, 1.807) is 0 Å². The molecule has 0 radical (unpaired) electrons. The minimum absolute atomic E-state index is 0.0107. The molecule has 29 heavy (non-hydrogen) atoms. The number of nitrogens with zero attached hydrogens (tertiary/aromatic N) is 1. The minimum Gasteiger partial charge on any atom is -0.284 e. The van der Waals surface area contributed by atoms with Crippen LogP contribution in [0.4, 0.5) is 26.3 Å². The summed E-state index contributed by atoms with van der Waals surface area (Å²) in [5.74, 6) is -2.23. The van der Waals surface area contributed by atoms with Crippen molar-refractivity contribution in [3.05, 3.63) is 64.7 Å². The molecule has 0 aliphatic heterocycles. The molecule has 0 saturated heterocycles. The fraction of sp³-hybridized carbons (Fsp3) is 0.100. The number of rotatable bonds is 1. The first-order valence-corrected chi connectivity index (χ1v) is 8.49. The van der Waals surface area contributed by atoms with Crippen LogP contribution in [0.2, 0.25) is 5.02 Å². The number of carbonyl (C=O) groups excluding carboxylic acids is 1. The lowest BCUT2D eigenvalue weighted by Crippen LogP contribution is -2.23. The van der Waals surface area contributed by atoms with Gasteiger partial charge in [-0.05, 0) is 29.7 Å². The van der Waals surface area contributed by atoms with E-state index in [0.717, 1.165) is 6.07 Å². The molecule has 0 saturated carbocycles. The number of aromatic nitrogens is 1. The molecule has 0 N–H and O–H groups in total. The van der Waals surface area contributed by atoms with E-state index in [1.165, 1.54) is 36.4 Å². The number of ketones is 1. The zero-order valence-electron chi connectivity index (χ0n) is 14.1. The van der Waals surface area contributed by atoms with Crippen molar-refractivity contribution in [2.24, 2.45) is 0 Å². The van der Waals surface area contributed by atoms with E-state index >= 15 is 0 Å². The third-order valence-electron chi connectivity index (χ3n) is 4.53. The van der Waals surface area contributed by atoms with Gasteiger partial charge < -0.3 is 0 Å². The first kappa shape index (κ1) is 19.4. The molecule has 0 fully saturated rings. The molecule has 9 heteroatoms. The summed E-state index contributed by atoms with van der Waals surface area (Å²) in [7, 11) is 0. The highest BCUT2D eigenvalue weighted by molar-refractivity contribution is 6.31. The van der Waals surface area contributed by atoms with E-state index < -0.39 is 34.6 Å². The Balaban J connectivity index is 2.29. The Morgan fingerprint density at radius 3 is 2.10 bits per heavy atom. The molecule has 2 nitrogen and oxygen atoms in total. The number of Topliss-reactive ketones (excluding diaryl/α,β-unsaturated/α-hetero) is 1. The van der Waals surface area contributed by atoms with Crippen molar-refractivity contribution in [3.63, 3.8) is 0 Å². The molecule has 1 heterocycles. The fourth-order valence-corrected chi connectivity index (χ4v) is 3.56. The zero-order chi connectivity index (χ0) is 21.1. The molecule has 0 atom stereocenters. The van der Waals surface area contributed by atoms with Crippen molar-refractivity contribution in [1.29, 1.82) is 0 Å². The third kappa shape index (κ3) is 3.17. The van der Waals surface area contributed by atoms with Crippen molar-refractivity contribution in [2.75, 3.05) is 0 Å². The Labute approximate surface area is 163 Å². The van der Waals surface area contributed by atoms with Gasteiger partial charge in [-0.15, -0.1) is 0 Å². The molecule has 148 valence electrons. The van der Waals surface area contributed by atoms with Crippen LogP contribution in [0.5, 0.6) is 0 Å². The Hall–Kier alpha value is -2.87. The average Bonchev–Trinajstić information content (AvgIpc) is 2.63. The van der Waals surface area contributed by atoms with Gasteiger partial charge in [0.05, 0.1) is 16.6 Å². The van der Waals surface area contributed by atoms with Crippen molar-refractivity contribution in [2.45, 2.75) is 12.4 Å². The Bertz CT molecular complexity index is 1310. The number of alkyl halides is 6. The summed E-state index contributed by atoms with van der Waals surface area (Å²) in [4.78, 5) is 16.2. The number of pyridine rings is 1. The van der Waals surface area contributed by atoms with Crippen LogP contribution in [0.25, 0.3) is 32.6 Å². The van der Waals surface area contributed by atoms with Gasteiger partial charge >= 0.3 is 12.4 Å². The van der Waals surface area contributed by atoms with Crippen LogP contribution >= 0.6 is 11.6 Å². The summed E-state index contributed by atoms with van der Waals surface area (Å²) >= 11 is 5.83. The Kier molecular flexibility index (Phi) is 4.24. The zero-order valence-corrected chi connectivity index (χ0v) is 14.9. The van der Waals surface area contributed by atoms with Gasteiger partial charge in [0.15, 0.2) is 0 Å². The van der Waals surface area contributed by atoms with Crippen molar-refractivity contribution in [1.82, 2.24) is 4.98 Å². The summed E-state index contributed by atoms with van der Waals surface area (Å²) in [5.41, 5.74) is -2.23. The van der Waals surface area contributed by atoms with Gasteiger partial charge in [0.2, 0.25) is 0 Å².